The first-order valence-corrected chi connectivity index (χ1v) is 4.20. The number of carboxylic acids is 1. The van der Waals surface area contributed by atoms with E-state index >= 15 is 0 Å². The van der Waals surface area contributed by atoms with E-state index in [2.05, 4.69) is 0 Å². The lowest BCUT2D eigenvalue weighted by Gasteiger charge is -2.26. The average Bonchev–Trinajstić information content (AvgIpc) is 2.06. The Hall–Kier alpha value is -0.610. The van der Waals surface area contributed by atoms with E-state index in [-0.39, 0.29) is 6.10 Å². The minimum absolute atomic E-state index is 0.0885. The third-order valence-corrected chi connectivity index (χ3v) is 1.91. The Kier molecular flexibility index (Phi) is 3.49. The highest BCUT2D eigenvalue weighted by Gasteiger charge is 2.26. The summed E-state index contributed by atoms with van der Waals surface area (Å²) in [4.78, 5) is 10.5. The molecule has 0 aromatic heterocycles. The number of carboxylic acid groups (broad SMARTS) is 1. The van der Waals surface area contributed by atoms with Gasteiger partial charge >= 0.3 is 5.97 Å². The topological polar surface area (TPSA) is 55.8 Å². The zero-order chi connectivity index (χ0) is 8.97. The summed E-state index contributed by atoms with van der Waals surface area (Å²) in [5, 5.41) is 8.59. The van der Waals surface area contributed by atoms with Crippen LogP contribution < -0.4 is 0 Å². The molecule has 0 aromatic rings. The van der Waals surface area contributed by atoms with Crippen molar-refractivity contribution in [1.82, 2.24) is 0 Å². The van der Waals surface area contributed by atoms with E-state index < -0.39 is 12.1 Å². The molecule has 0 spiro atoms. The van der Waals surface area contributed by atoms with Crippen molar-refractivity contribution < 1.29 is 19.4 Å². The summed E-state index contributed by atoms with van der Waals surface area (Å²) in [5.74, 6) is -0.870. The Morgan fingerprint density at radius 1 is 1.67 bits per heavy atom. The Morgan fingerprint density at radius 2 is 2.42 bits per heavy atom. The maximum atomic E-state index is 10.5. The lowest BCUT2D eigenvalue weighted by Crippen LogP contribution is -2.35. The number of rotatable bonds is 3. The van der Waals surface area contributed by atoms with Crippen molar-refractivity contribution in [1.29, 1.82) is 0 Å². The maximum absolute atomic E-state index is 10.5. The highest BCUT2D eigenvalue weighted by Crippen LogP contribution is 2.15. The van der Waals surface area contributed by atoms with Crippen LogP contribution in [-0.2, 0) is 14.3 Å². The van der Waals surface area contributed by atoms with Gasteiger partial charge in [0.1, 0.15) is 0 Å². The number of aliphatic carboxylic acids is 1. The molecule has 1 heterocycles. The lowest BCUT2D eigenvalue weighted by molar-refractivity contribution is -0.159. The fraction of sp³-hybridized carbons (Fsp3) is 0.875. The van der Waals surface area contributed by atoms with E-state index in [0.29, 0.717) is 19.6 Å². The first kappa shape index (κ1) is 9.48. The second-order valence-corrected chi connectivity index (χ2v) is 2.81. The summed E-state index contributed by atoms with van der Waals surface area (Å²) in [7, 11) is 0. The monoisotopic (exact) mass is 174 g/mol. The molecule has 0 aliphatic carbocycles. The Morgan fingerprint density at radius 3 is 2.83 bits per heavy atom. The van der Waals surface area contributed by atoms with E-state index in [9.17, 15) is 4.79 Å². The Bertz CT molecular complexity index is 149. The summed E-state index contributed by atoms with van der Waals surface area (Å²) in [6.45, 7) is 2.99. The summed E-state index contributed by atoms with van der Waals surface area (Å²) in [6.07, 6.45) is 0.803. The van der Waals surface area contributed by atoms with Crippen LogP contribution in [0.15, 0.2) is 0 Å². The number of carbonyl (C=O) groups is 1. The van der Waals surface area contributed by atoms with Gasteiger partial charge in [-0.05, 0) is 19.8 Å². The third-order valence-electron chi connectivity index (χ3n) is 1.91. The first-order valence-electron chi connectivity index (χ1n) is 4.20. The van der Waals surface area contributed by atoms with Crippen molar-refractivity contribution in [2.45, 2.75) is 32.0 Å². The van der Waals surface area contributed by atoms with Crippen LogP contribution in [0.25, 0.3) is 0 Å². The third kappa shape index (κ3) is 2.46. The van der Waals surface area contributed by atoms with Crippen molar-refractivity contribution in [3.05, 3.63) is 0 Å². The van der Waals surface area contributed by atoms with Gasteiger partial charge in [0.2, 0.25) is 0 Å². The molecule has 0 amide bonds. The normalized spacial score (nSPS) is 30.1. The molecular weight excluding hydrogens is 160 g/mol. The van der Waals surface area contributed by atoms with Crippen LogP contribution in [0, 0.1) is 0 Å². The van der Waals surface area contributed by atoms with Crippen LogP contribution in [0.4, 0.5) is 0 Å². The van der Waals surface area contributed by atoms with Crippen molar-refractivity contribution >= 4 is 5.97 Å². The molecule has 4 nitrogen and oxygen atoms in total. The van der Waals surface area contributed by atoms with E-state index in [4.69, 9.17) is 14.6 Å². The molecule has 12 heavy (non-hydrogen) atoms. The van der Waals surface area contributed by atoms with E-state index in [0.717, 1.165) is 6.42 Å². The molecule has 0 saturated carbocycles. The minimum atomic E-state index is -0.870. The first-order chi connectivity index (χ1) is 5.74. The Balaban J connectivity index is 2.25. The van der Waals surface area contributed by atoms with Gasteiger partial charge in [-0.15, -0.1) is 0 Å². The highest BCUT2D eigenvalue weighted by molar-refractivity contribution is 5.72. The average molecular weight is 174 g/mol. The van der Waals surface area contributed by atoms with Gasteiger partial charge in [-0.1, -0.05) is 0 Å². The van der Waals surface area contributed by atoms with E-state index in [1.165, 1.54) is 0 Å². The molecule has 1 saturated heterocycles. The van der Waals surface area contributed by atoms with E-state index in [1.54, 1.807) is 0 Å². The molecule has 70 valence electrons. The fourth-order valence-corrected chi connectivity index (χ4v) is 1.29. The number of ether oxygens (including phenoxy) is 2. The number of hydrogen-bond donors (Lipinski definition) is 1. The van der Waals surface area contributed by atoms with Gasteiger partial charge in [0.05, 0.1) is 12.7 Å². The van der Waals surface area contributed by atoms with Gasteiger partial charge in [0, 0.05) is 6.61 Å². The summed E-state index contributed by atoms with van der Waals surface area (Å²) in [6, 6.07) is 0. The molecule has 0 radical (unpaired) electrons. The SMILES string of the molecule is CCOC1CCC(C(=O)O)OC1. The quantitative estimate of drug-likeness (QED) is 0.682. The molecule has 1 aliphatic heterocycles. The largest absolute Gasteiger partial charge is 0.479 e. The standard InChI is InChI=1S/C8H14O4/c1-2-11-6-3-4-7(8(9)10)12-5-6/h6-7H,2-5H2,1H3,(H,9,10). The molecular formula is C8H14O4. The van der Waals surface area contributed by atoms with Gasteiger partial charge in [0.25, 0.3) is 0 Å². The van der Waals surface area contributed by atoms with Crippen LogP contribution in [0.5, 0.6) is 0 Å². The second-order valence-electron chi connectivity index (χ2n) is 2.81. The second kappa shape index (κ2) is 4.42. The molecule has 1 N–H and O–H groups in total. The van der Waals surface area contributed by atoms with Gasteiger partial charge in [-0.3, -0.25) is 0 Å². The van der Waals surface area contributed by atoms with Crippen molar-refractivity contribution in [2.75, 3.05) is 13.2 Å². The van der Waals surface area contributed by atoms with Gasteiger partial charge in [-0.2, -0.15) is 0 Å². The summed E-state index contributed by atoms with van der Waals surface area (Å²) in [5.41, 5.74) is 0. The summed E-state index contributed by atoms with van der Waals surface area (Å²) >= 11 is 0. The molecule has 0 bridgehead atoms. The number of hydrogen-bond acceptors (Lipinski definition) is 3. The Labute approximate surface area is 71.5 Å². The van der Waals surface area contributed by atoms with Crippen molar-refractivity contribution in [2.24, 2.45) is 0 Å². The minimum Gasteiger partial charge on any atom is -0.479 e. The smallest absolute Gasteiger partial charge is 0.332 e. The molecule has 1 rings (SSSR count). The predicted molar refractivity (Wildman–Crippen MR) is 42.0 cm³/mol. The van der Waals surface area contributed by atoms with E-state index in [1.807, 2.05) is 6.92 Å². The van der Waals surface area contributed by atoms with Crippen LogP contribution in [0.2, 0.25) is 0 Å². The molecule has 2 unspecified atom stereocenters. The van der Waals surface area contributed by atoms with Gasteiger partial charge < -0.3 is 14.6 Å². The zero-order valence-electron chi connectivity index (χ0n) is 7.16. The van der Waals surface area contributed by atoms with Crippen LogP contribution in [-0.4, -0.2) is 36.5 Å². The van der Waals surface area contributed by atoms with Crippen LogP contribution >= 0.6 is 0 Å². The molecule has 1 fully saturated rings. The van der Waals surface area contributed by atoms with Gasteiger partial charge in [-0.25, -0.2) is 4.79 Å². The molecule has 2 atom stereocenters. The zero-order valence-corrected chi connectivity index (χ0v) is 7.16. The maximum Gasteiger partial charge on any atom is 0.332 e. The molecule has 0 aromatic carbocycles. The lowest BCUT2D eigenvalue weighted by atomic mass is 10.1. The predicted octanol–water partition coefficient (Wildman–Crippen LogP) is 0.655. The van der Waals surface area contributed by atoms with Crippen LogP contribution in [0.3, 0.4) is 0 Å². The van der Waals surface area contributed by atoms with Crippen molar-refractivity contribution in [3.8, 4) is 0 Å². The van der Waals surface area contributed by atoms with Crippen molar-refractivity contribution in [3.63, 3.8) is 0 Å². The fourth-order valence-electron chi connectivity index (χ4n) is 1.29. The molecule has 1 aliphatic rings. The van der Waals surface area contributed by atoms with Gasteiger partial charge in [0.15, 0.2) is 6.10 Å². The molecule has 4 heteroatoms. The van der Waals surface area contributed by atoms with Crippen LogP contribution in [0.1, 0.15) is 19.8 Å². The summed E-state index contributed by atoms with van der Waals surface area (Å²) < 4.78 is 10.4. The highest BCUT2D eigenvalue weighted by atomic mass is 16.6.